The summed E-state index contributed by atoms with van der Waals surface area (Å²) in [6.07, 6.45) is 0. The van der Waals surface area contributed by atoms with Gasteiger partial charge in [-0.15, -0.1) is 0 Å². The second kappa shape index (κ2) is 14.3. The molecule has 0 unspecified atom stereocenters. The number of aromatic nitrogens is 1. The van der Waals surface area contributed by atoms with Gasteiger partial charge in [0.15, 0.2) is 5.58 Å². The number of fused-ring (bicyclic) bond motifs is 8. The monoisotopic (exact) mass is 778 g/mol. The third kappa shape index (κ3) is 5.90. The van der Waals surface area contributed by atoms with E-state index < -0.39 is 0 Å². The molecular formula is C58H38N2O. The molecule has 0 fully saturated rings. The van der Waals surface area contributed by atoms with E-state index in [-0.39, 0.29) is 0 Å². The van der Waals surface area contributed by atoms with Gasteiger partial charge in [0.1, 0.15) is 5.58 Å². The molecule has 0 saturated carbocycles. The smallest absolute Gasteiger partial charge is 0.159 e. The Hall–Kier alpha value is -8.14. The molecule has 61 heavy (non-hydrogen) atoms. The van der Waals surface area contributed by atoms with Crippen molar-refractivity contribution < 1.29 is 4.42 Å². The van der Waals surface area contributed by atoms with Gasteiger partial charge in [-0.2, -0.15) is 0 Å². The zero-order chi connectivity index (χ0) is 40.3. The number of nitrogens with zero attached hydrogens (tertiary/aromatic N) is 2. The topological polar surface area (TPSA) is 21.3 Å². The maximum Gasteiger partial charge on any atom is 0.159 e. The van der Waals surface area contributed by atoms with Gasteiger partial charge in [-0.25, -0.2) is 0 Å². The summed E-state index contributed by atoms with van der Waals surface area (Å²) >= 11 is 0. The second-order valence-corrected chi connectivity index (χ2v) is 15.7. The molecule has 0 aliphatic heterocycles. The molecule has 0 N–H and O–H groups in total. The maximum absolute atomic E-state index is 6.79. The highest BCUT2D eigenvalue weighted by Gasteiger charge is 2.21. The number of benzene rings is 10. The lowest BCUT2D eigenvalue weighted by Gasteiger charge is -2.26. The second-order valence-electron chi connectivity index (χ2n) is 15.7. The van der Waals surface area contributed by atoms with Gasteiger partial charge < -0.3 is 13.9 Å². The van der Waals surface area contributed by atoms with Gasteiger partial charge in [-0.3, -0.25) is 0 Å². The van der Waals surface area contributed by atoms with E-state index in [1.54, 1.807) is 0 Å². The number of para-hydroxylation sites is 2. The Morgan fingerprint density at radius 2 is 0.869 bits per heavy atom. The number of rotatable bonds is 7. The zero-order valence-electron chi connectivity index (χ0n) is 33.2. The molecular weight excluding hydrogens is 741 g/mol. The fourth-order valence-corrected chi connectivity index (χ4v) is 9.26. The SMILES string of the molecule is c1ccc(-c2ccc(N(c3ccc(-c4ccc5c(c4)c4ccccc4n5-c4ccc(-c5ccccc5)cc4)cc3)c3cccc4c3oc3ccc5ccccc5c34)cc2)cc1. The van der Waals surface area contributed by atoms with E-state index in [4.69, 9.17) is 4.42 Å². The van der Waals surface area contributed by atoms with Crippen molar-refractivity contribution in [3.63, 3.8) is 0 Å². The van der Waals surface area contributed by atoms with Crippen LogP contribution in [-0.4, -0.2) is 4.57 Å². The molecule has 286 valence electrons. The van der Waals surface area contributed by atoms with Crippen LogP contribution in [-0.2, 0) is 0 Å². The highest BCUT2D eigenvalue weighted by molar-refractivity contribution is 6.21. The van der Waals surface area contributed by atoms with Crippen LogP contribution in [0.15, 0.2) is 235 Å². The van der Waals surface area contributed by atoms with Crippen LogP contribution in [0, 0.1) is 0 Å². The molecule has 0 aliphatic rings. The summed E-state index contributed by atoms with van der Waals surface area (Å²) in [5.41, 5.74) is 15.5. The zero-order valence-corrected chi connectivity index (χ0v) is 33.2. The molecule has 0 saturated heterocycles. The Kier molecular flexibility index (Phi) is 8.17. The highest BCUT2D eigenvalue weighted by atomic mass is 16.3. The number of hydrogen-bond acceptors (Lipinski definition) is 2. The van der Waals surface area contributed by atoms with Crippen LogP contribution < -0.4 is 4.90 Å². The first-order valence-corrected chi connectivity index (χ1v) is 20.8. The molecule has 0 aliphatic carbocycles. The summed E-state index contributed by atoms with van der Waals surface area (Å²) in [4.78, 5) is 2.32. The van der Waals surface area contributed by atoms with Crippen molar-refractivity contribution in [3.05, 3.63) is 231 Å². The number of anilines is 3. The Bertz CT molecular complexity index is 3550. The summed E-state index contributed by atoms with van der Waals surface area (Å²) in [6, 6.07) is 82.7. The molecule has 2 aromatic heterocycles. The average Bonchev–Trinajstić information content (AvgIpc) is 3.89. The first-order chi connectivity index (χ1) is 30.2. The predicted octanol–water partition coefficient (Wildman–Crippen LogP) is 16.3. The molecule has 10 aromatic carbocycles. The largest absolute Gasteiger partial charge is 0.454 e. The van der Waals surface area contributed by atoms with E-state index >= 15 is 0 Å². The van der Waals surface area contributed by atoms with Gasteiger partial charge in [-0.05, 0) is 111 Å². The summed E-state index contributed by atoms with van der Waals surface area (Å²) in [6.45, 7) is 0. The quantitative estimate of drug-likeness (QED) is 0.161. The van der Waals surface area contributed by atoms with E-state index in [2.05, 4.69) is 240 Å². The molecule has 3 nitrogen and oxygen atoms in total. The van der Waals surface area contributed by atoms with Crippen molar-refractivity contribution in [1.29, 1.82) is 0 Å². The molecule has 0 atom stereocenters. The molecule has 12 rings (SSSR count). The lowest BCUT2D eigenvalue weighted by Crippen LogP contribution is -2.10. The van der Waals surface area contributed by atoms with Crippen LogP contribution in [0.25, 0.3) is 93.6 Å². The van der Waals surface area contributed by atoms with Crippen molar-refractivity contribution >= 4 is 71.6 Å². The van der Waals surface area contributed by atoms with Crippen molar-refractivity contribution in [1.82, 2.24) is 4.57 Å². The minimum atomic E-state index is 0.863. The highest BCUT2D eigenvalue weighted by Crippen LogP contribution is 2.45. The Labute approximate surface area is 353 Å². The molecule has 0 spiro atoms. The normalized spacial score (nSPS) is 11.6. The van der Waals surface area contributed by atoms with Crippen LogP contribution in [0.4, 0.5) is 17.1 Å². The number of hydrogen-bond donors (Lipinski definition) is 0. The summed E-state index contributed by atoms with van der Waals surface area (Å²) in [5.74, 6) is 0. The van der Waals surface area contributed by atoms with Gasteiger partial charge in [0.05, 0.1) is 16.7 Å². The fourth-order valence-electron chi connectivity index (χ4n) is 9.26. The first-order valence-electron chi connectivity index (χ1n) is 20.8. The summed E-state index contributed by atoms with van der Waals surface area (Å²) in [5, 5.41) is 7.11. The van der Waals surface area contributed by atoms with Gasteiger partial charge in [0.2, 0.25) is 0 Å². The standard InChI is InChI=1S/C58H38N2O/c1-3-12-39(13-4-1)41-22-30-46(31-23-41)59(55-21-11-19-51-57-49-17-8-7-16-44(49)29-37-56(57)61-58(51)55)47-32-26-43(27-33-47)45-28-36-54-52(38-45)50-18-9-10-20-53(50)60(54)48-34-24-42(25-35-48)40-14-5-2-6-15-40/h1-38H. The van der Waals surface area contributed by atoms with Crippen molar-refractivity contribution in [3.8, 4) is 39.1 Å². The summed E-state index contributed by atoms with van der Waals surface area (Å²) in [7, 11) is 0. The van der Waals surface area contributed by atoms with Crippen molar-refractivity contribution in [2.24, 2.45) is 0 Å². The van der Waals surface area contributed by atoms with E-state index in [0.717, 1.165) is 50.3 Å². The molecule has 0 radical (unpaired) electrons. The molecule has 12 aromatic rings. The van der Waals surface area contributed by atoms with Crippen molar-refractivity contribution in [2.45, 2.75) is 0 Å². The van der Waals surface area contributed by atoms with Crippen LogP contribution in [0.5, 0.6) is 0 Å². The Morgan fingerprint density at radius 1 is 0.344 bits per heavy atom. The van der Waals surface area contributed by atoms with Gasteiger partial charge in [-0.1, -0.05) is 164 Å². The fraction of sp³-hybridized carbons (Fsp3) is 0. The van der Waals surface area contributed by atoms with Gasteiger partial charge >= 0.3 is 0 Å². The third-order valence-corrected chi connectivity index (χ3v) is 12.2. The minimum absolute atomic E-state index is 0.863. The van der Waals surface area contributed by atoms with Crippen molar-refractivity contribution in [2.75, 3.05) is 4.90 Å². The molecule has 0 bridgehead atoms. The molecule has 3 heteroatoms. The van der Waals surface area contributed by atoms with Crippen LogP contribution >= 0.6 is 0 Å². The molecule has 0 amide bonds. The van der Waals surface area contributed by atoms with Gasteiger partial charge in [0.25, 0.3) is 0 Å². The summed E-state index contributed by atoms with van der Waals surface area (Å²) < 4.78 is 9.18. The van der Waals surface area contributed by atoms with Crippen LogP contribution in [0.1, 0.15) is 0 Å². The Morgan fingerprint density at radius 3 is 1.56 bits per heavy atom. The van der Waals surface area contributed by atoms with E-state index in [9.17, 15) is 0 Å². The third-order valence-electron chi connectivity index (χ3n) is 12.2. The molecule has 2 heterocycles. The number of furan rings is 1. The lowest BCUT2D eigenvalue weighted by molar-refractivity contribution is 0.669. The van der Waals surface area contributed by atoms with E-state index in [1.807, 2.05) is 0 Å². The van der Waals surface area contributed by atoms with E-state index in [1.165, 1.54) is 60.4 Å². The van der Waals surface area contributed by atoms with Crippen LogP contribution in [0.3, 0.4) is 0 Å². The predicted molar refractivity (Wildman–Crippen MR) is 257 cm³/mol. The lowest BCUT2D eigenvalue weighted by atomic mass is 10.0. The maximum atomic E-state index is 6.79. The Balaban J connectivity index is 0.961. The van der Waals surface area contributed by atoms with Crippen LogP contribution in [0.2, 0.25) is 0 Å². The van der Waals surface area contributed by atoms with E-state index in [0.29, 0.717) is 0 Å². The first kappa shape index (κ1) is 34.9. The average molecular weight is 779 g/mol. The van der Waals surface area contributed by atoms with Gasteiger partial charge in [0, 0.05) is 38.6 Å². The minimum Gasteiger partial charge on any atom is -0.454 e.